The Kier molecular flexibility index (Phi) is 4.18. The second-order valence-electron chi connectivity index (χ2n) is 5.27. The Morgan fingerprint density at radius 1 is 1.30 bits per heavy atom. The average molecular weight is 274 g/mol. The van der Waals surface area contributed by atoms with Crippen molar-refractivity contribution in [1.29, 1.82) is 0 Å². The van der Waals surface area contributed by atoms with Gasteiger partial charge >= 0.3 is 0 Å². The Hall–Kier alpha value is -1.59. The number of ether oxygens (including phenoxy) is 1. The Morgan fingerprint density at radius 2 is 2.15 bits per heavy atom. The second kappa shape index (κ2) is 6.24. The van der Waals surface area contributed by atoms with E-state index in [0.29, 0.717) is 5.92 Å². The van der Waals surface area contributed by atoms with E-state index in [1.165, 1.54) is 5.56 Å². The highest BCUT2D eigenvalue weighted by atomic mass is 16.5. The third-order valence-corrected chi connectivity index (χ3v) is 3.92. The van der Waals surface area contributed by atoms with Crippen LogP contribution in [0, 0.1) is 0 Å². The molecule has 3 rings (SSSR count). The van der Waals surface area contributed by atoms with E-state index in [4.69, 9.17) is 4.74 Å². The maximum atomic E-state index is 5.90. The molecule has 2 heterocycles. The van der Waals surface area contributed by atoms with Crippen LogP contribution < -0.4 is 16.0 Å². The maximum absolute atomic E-state index is 5.90. The van der Waals surface area contributed by atoms with E-state index in [0.717, 1.165) is 32.2 Å². The minimum atomic E-state index is -0.0525. The summed E-state index contributed by atoms with van der Waals surface area (Å²) >= 11 is 0. The van der Waals surface area contributed by atoms with Gasteiger partial charge in [-0.05, 0) is 5.56 Å². The summed E-state index contributed by atoms with van der Waals surface area (Å²) in [7, 11) is 0. The number of hydrogen-bond donors (Lipinski definition) is 3. The third-order valence-electron chi connectivity index (χ3n) is 3.92. The van der Waals surface area contributed by atoms with Crippen molar-refractivity contribution in [3.05, 3.63) is 35.9 Å². The summed E-state index contributed by atoms with van der Waals surface area (Å²) < 4.78 is 5.90. The number of hydrogen-bond acceptors (Lipinski definition) is 5. The lowest BCUT2D eigenvalue weighted by molar-refractivity contribution is -0.0192. The minimum absolute atomic E-state index is 0.0525. The number of nitrogens with zero attached hydrogens (tertiary/aromatic N) is 1. The molecular formula is C15H22N4O. The van der Waals surface area contributed by atoms with Crippen molar-refractivity contribution in [2.45, 2.75) is 25.1 Å². The highest BCUT2D eigenvalue weighted by Crippen LogP contribution is 2.23. The monoisotopic (exact) mass is 274 g/mol. The summed E-state index contributed by atoms with van der Waals surface area (Å²) in [5, 5.41) is 10.2. The van der Waals surface area contributed by atoms with Gasteiger partial charge in [0.1, 0.15) is 6.23 Å². The molecule has 3 atom stereocenters. The van der Waals surface area contributed by atoms with Crippen LogP contribution in [0.3, 0.4) is 0 Å². The fraction of sp³-hybridized carbons (Fsp3) is 0.533. The molecule has 0 spiro atoms. The molecule has 2 aliphatic heterocycles. The van der Waals surface area contributed by atoms with Gasteiger partial charge in [0, 0.05) is 19.0 Å². The number of nitrogens with one attached hydrogen (secondary N) is 3. The molecule has 1 saturated heterocycles. The fourth-order valence-electron chi connectivity index (χ4n) is 2.79. The second-order valence-corrected chi connectivity index (χ2v) is 5.27. The van der Waals surface area contributed by atoms with E-state index in [-0.39, 0.29) is 12.3 Å². The van der Waals surface area contributed by atoms with E-state index in [2.05, 4.69) is 52.1 Å². The lowest BCUT2D eigenvalue weighted by atomic mass is 9.91. The molecule has 0 aliphatic carbocycles. The van der Waals surface area contributed by atoms with Crippen LogP contribution in [0.1, 0.15) is 18.4 Å². The Balaban J connectivity index is 1.71. The maximum Gasteiger partial charge on any atom is 0.193 e. The molecule has 0 aromatic heterocycles. The predicted octanol–water partition coefficient (Wildman–Crippen LogP) is 0.653. The zero-order valence-electron chi connectivity index (χ0n) is 11.8. The molecule has 5 heteroatoms. The smallest absolute Gasteiger partial charge is 0.193 e. The van der Waals surface area contributed by atoms with Gasteiger partial charge in [-0.25, -0.2) is 0 Å². The summed E-state index contributed by atoms with van der Waals surface area (Å²) in [6.45, 7) is 5.59. The summed E-state index contributed by atoms with van der Waals surface area (Å²) in [6, 6.07) is 10.8. The average Bonchev–Trinajstić information content (AvgIpc) is 3.01. The van der Waals surface area contributed by atoms with Crippen LogP contribution in [-0.4, -0.2) is 44.5 Å². The lowest BCUT2D eigenvalue weighted by Gasteiger charge is -2.37. The van der Waals surface area contributed by atoms with Gasteiger partial charge in [0.05, 0.1) is 19.2 Å². The Morgan fingerprint density at radius 3 is 2.90 bits per heavy atom. The van der Waals surface area contributed by atoms with Crippen LogP contribution in [0.4, 0.5) is 0 Å². The summed E-state index contributed by atoms with van der Waals surface area (Å²) in [5.41, 5.74) is 1.32. The number of aliphatic imine (C=N–C) groups is 1. The van der Waals surface area contributed by atoms with Crippen LogP contribution in [-0.2, 0) is 4.74 Å². The van der Waals surface area contributed by atoms with Crippen LogP contribution >= 0.6 is 0 Å². The molecule has 3 N–H and O–H groups in total. The van der Waals surface area contributed by atoms with Gasteiger partial charge in [0.25, 0.3) is 0 Å². The van der Waals surface area contributed by atoms with Gasteiger partial charge in [-0.15, -0.1) is 0 Å². The standard InChI is InChI=1S/C15H22N4O/c1-11(12-5-3-2-4-6-12)13-14(20-10-9-16-13)19-15-17-7-8-18-15/h2-6,11,13-14,16H,7-10H2,1H3,(H2,17,18,19). The topological polar surface area (TPSA) is 57.7 Å². The molecule has 0 bridgehead atoms. The van der Waals surface area contributed by atoms with Gasteiger partial charge in [0.2, 0.25) is 0 Å². The molecule has 0 amide bonds. The van der Waals surface area contributed by atoms with Crippen LogP contribution in [0.15, 0.2) is 35.3 Å². The first-order valence-electron chi connectivity index (χ1n) is 7.29. The Labute approximate surface area is 119 Å². The minimum Gasteiger partial charge on any atom is -0.355 e. The number of rotatable bonds is 3. The molecule has 0 radical (unpaired) electrons. The van der Waals surface area contributed by atoms with Crippen LogP contribution in [0.5, 0.6) is 0 Å². The SMILES string of the molecule is CC(c1ccccc1)C1NCCOC1NC1=NCCN1. The lowest BCUT2D eigenvalue weighted by Crippen LogP contribution is -2.59. The first-order chi connectivity index (χ1) is 9.84. The molecule has 20 heavy (non-hydrogen) atoms. The summed E-state index contributed by atoms with van der Waals surface area (Å²) in [4.78, 5) is 4.38. The number of guanidine groups is 1. The highest BCUT2D eigenvalue weighted by Gasteiger charge is 2.31. The van der Waals surface area contributed by atoms with Gasteiger partial charge < -0.3 is 20.7 Å². The molecular weight excluding hydrogens is 252 g/mol. The molecule has 1 aromatic rings. The normalized spacial score (nSPS) is 27.6. The van der Waals surface area contributed by atoms with Crippen LogP contribution in [0.2, 0.25) is 0 Å². The van der Waals surface area contributed by atoms with Crippen molar-refractivity contribution in [3.8, 4) is 0 Å². The zero-order chi connectivity index (χ0) is 13.8. The van der Waals surface area contributed by atoms with Gasteiger partial charge in [-0.2, -0.15) is 0 Å². The number of benzene rings is 1. The zero-order valence-corrected chi connectivity index (χ0v) is 11.8. The summed E-state index contributed by atoms with van der Waals surface area (Å²) in [5.74, 6) is 1.22. The molecule has 3 unspecified atom stereocenters. The van der Waals surface area contributed by atoms with Gasteiger partial charge in [-0.3, -0.25) is 4.99 Å². The molecule has 1 fully saturated rings. The molecule has 5 nitrogen and oxygen atoms in total. The van der Waals surface area contributed by atoms with Crippen molar-refractivity contribution in [2.24, 2.45) is 4.99 Å². The van der Waals surface area contributed by atoms with Crippen molar-refractivity contribution < 1.29 is 4.74 Å². The van der Waals surface area contributed by atoms with Gasteiger partial charge in [-0.1, -0.05) is 37.3 Å². The fourth-order valence-corrected chi connectivity index (χ4v) is 2.79. The van der Waals surface area contributed by atoms with Gasteiger partial charge in [0.15, 0.2) is 5.96 Å². The van der Waals surface area contributed by atoms with E-state index >= 15 is 0 Å². The molecule has 108 valence electrons. The first-order valence-corrected chi connectivity index (χ1v) is 7.29. The predicted molar refractivity (Wildman–Crippen MR) is 79.8 cm³/mol. The quantitative estimate of drug-likeness (QED) is 0.757. The summed E-state index contributed by atoms with van der Waals surface area (Å²) in [6.07, 6.45) is -0.0525. The third kappa shape index (κ3) is 2.94. The first kappa shape index (κ1) is 13.4. The Bertz CT molecular complexity index is 462. The van der Waals surface area contributed by atoms with Crippen LogP contribution in [0.25, 0.3) is 0 Å². The highest BCUT2D eigenvalue weighted by molar-refractivity contribution is 5.81. The van der Waals surface area contributed by atoms with E-state index in [1.807, 2.05) is 6.07 Å². The number of morpholine rings is 1. The van der Waals surface area contributed by atoms with Crippen molar-refractivity contribution in [3.63, 3.8) is 0 Å². The molecule has 1 aromatic carbocycles. The molecule has 0 saturated carbocycles. The van der Waals surface area contributed by atoms with Crippen molar-refractivity contribution in [2.75, 3.05) is 26.2 Å². The largest absolute Gasteiger partial charge is 0.355 e. The van der Waals surface area contributed by atoms with Crippen molar-refractivity contribution >= 4 is 5.96 Å². The van der Waals surface area contributed by atoms with Crippen molar-refractivity contribution in [1.82, 2.24) is 16.0 Å². The van der Waals surface area contributed by atoms with E-state index < -0.39 is 0 Å². The van der Waals surface area contributed by atoms with E-state index in [1.54, 1.807) is 0 Å². The molecule has 2 aliphatic rings. The van der Waals surface area contributed by atoms with E-state index in [9.17, 15) is 0 Å².